The number of aliphatic hydroxyl groups is 1. The molecule has 1 N–H and O–H groups in total. The van der Waals surface area contributed by atoms with Crippen molar-refractivity contribution in [2.24, 2.45) is 0 Å². The van der Waals surface area contributed by atoms with Gasteiger partial charge in [0.25, 0.3) is 0 Å². The summed E-state index contributed by atoms with van der Waals surface area (Å²) in [6.07, 6.45) is 1.73. The van der Waals surface area contributed by atoms with Crippen molar-refractivity contribution >= 4 is 33.8 Å². The highest BCUT2D eigenvalue weighted by molar-refractivity contribution is 14.1. The summed E-state index contributed by atoms with van der Waals surface area (Å²) in [7, 11) is 0. The molecule has 102 valence electrons. The molecule has 0 saturated carbocycles. The van der Waals surface area contributed by atoms with Crippen molar-refractivity contribution in [2.45, 2.75) is 13.2 Å². The number of aliphatic hydroxyl groups excluding tert-OH is 1. The van der Waals surface area contributed by atoms with Gasteiger partial charge in [-0.1, -0.05) is 12.1 Å². The van der Waals surface area contributed by atoms with Gasteiger partial charge in [-0.05, 0) is 46.4 Å². The second kappa shape index (κ2) is 5.45. The summed E-state index contributed by atoms with van der Waals surface area (Å²) in [5, 5.41) is 9.43. The van der Waals surface area contributed by atoms with E-state index >= 15 is 0 Å². The molecule has 2 heterocycles. The molecule has 0 radical (unpaired) electrons. The van der Waals surface area contributed by atoms with E-state index in [2.05, 4.69) is 32.6 Å². The lowest BCUT2D eigenvalue weighted by atomic mass is 10.2. The minimum Gasteiger partial charge on any atom is -0.388 e. The number of hydrogen-bond acceptors (Lipinski definition) is 3. The zero-order chi connectivity index (χ0) is 14.1. The topological polar surface area (TPSA) is 50.9 Å². The average Bonchev–Trinajstić information content (AvgIpc) is 2.76. The summed E-state index contributed by atoms with van der Waals surface area (Å²) >= 11 is 2.18. The van der Waals surface area contributed by atoms with Crippen LogP contribution in [-0.2, 0) is 13.2 Å². The molecular weight excluding hydrogens is 372 g/mol. The van der Waals surface area contributed by atoms with Crippen LogP contribution in [0.1, 0.15) is 11.4 Å². The SMILES string of the molecule is OCc1nc2ncc(I)cc2n1Cc1cccc(F)c1. The molecule has 0 bridgehead atoms. The largest absolute Gasteiger partial charge is 0.388 e. The Hall–Kier alpha value is -1.54. The number of halogens is 2. The van der Waals surface area contributed by atoms with Crippen molar-refractivity contribution in [1.29, 1.82) is 0 Å². The number of pyridine rings is 1. The third-order valence-corrected chi connectivity index (χ3v) is 3.61. The number of nitrogens with zero attached hydrogens (tertiary/aromatic N) is 3. The summed E-state index contributed by atoms with van der Waals surface area (Å²) in [6.45, 7) is 0.272. The monoisotopic (exact) mass is 383 g/mol. The normalized spacial score (nSPS) is 11.2. The quantitative estimate of drug-likeness (QED) is 0.708. The Balaban J connectivity index is 2.11. The van der Waals surface area contributed by atoms with Crippen LogP contribution in [0.5, 0.6) is 0 Å². The van der Waals surface area contributed by atoms with Crippen LogP contribution in [0.15, 0.2) is 36.5 Å². The molecule has 3 rings (SSSR count). The molecule has 0 fully saturated rings. The van der Waals surface area contributed by atoms with Gasteiger partial charge in [-0.3, -0.25) is 0 Å². The molecule has 4 nitrogen and oxygen atoms in total. The Morgan fingerprint density at radius 1 is 1.30 bits per heavy atom. The average molecular weight is 383 g/mol. The first-order valence-corrected chi connectivity index (χ1v) is 7.11. The highest BCUT2D eigenvalue weighted by atomic mass is 127. The van der Waals surface area contributed by atoms with E-state index in [1.165, 1.54) is 12.1 Å². The van der Waals surface area contributed by atoms with Gasteiger partial charge in [0.15, 0.2) is 5.65 Å². The van der Waals surface area contributed by atoms with E-state index in [1.54, 1.807) is 12.3 Å². The molecule has 0 aliphatic carbocycles. The summed E-state index contributed by atoms with van der Waals surface area (Å²) in [5.74, 6) is 0.254. The predicted molar refractivity (Wildman–Crippen MR) is 81.7 cm³/mol. The van der Waals surface area contributed by atoms with E-state index in [4.69, 9.17) is 0 Å². The van der Waals surface area contributed by atoms with E-state index in [-0.39, 0.29) is 12.4 Å². The van der Waals surface area contributed by atoms with E-state index in [0.717, 1.165) is 14.7 Å². The highest BCUT2D eigenvalue weighted by Gasteiger charge is 2.12. The Morgan fingerprint density at radius 3 is 2.90 bits per heavy atom. The van der Waals surface area contributed by atoms with Crippen molar-refractivity contribution in [3.05, 3.63) is 57.3 Å². The lowest BCUT2D eigenvalue weighted by Gasteiger charge is -2.08. The maximum absolute atomic E-state index is 13.3. The first-order chi connectivity index (χ1) is 9.67. The van der Waals surface area contributed by atoms with Crippen molar-refractivity contribution in [1.82, 2.24) is 14.5 Å². The summed E-state index contributed by atoms with van der Waals surface area (Å²) in [4.78, 5) is 8.54. The molecule has 0 aliphatic rings. The van der Waals surface area contributed by atoms with Crippen molar-refractivity contribution in [3.63, 3.8) is 0 Å². The predicted octanol–water partition coefficient (Wildman–Crippen LogP) is 2.72. The number of benzene rings is 1. The van der Waals surface area contributed by atoms with Gasteiger partial charge in [-0.2, -0.15) is 0 Å². The van der Waals surface area contributed by atoms with Crippen molar-refractivity contribution in [2.75, 3.05) is 0 Å². The zero-order valence-corrected chi connectivity index (χ0v) is 12.6. The van der Waals surface area contributed by atoms with Crippen molar-refractivity contribution < 1.29 is 9.50 Å². The van der Waals surface area contributed by atoms with Crippen LogP contribution >= 0.6 is 22.6 Å². The fourth-order valence-electron chi connectivity index (χ4n) is 2.14. The van der Waals surface area contributed by atoms with Gasteiger partial charge in [0.2, 0.25) is 0 Å². The van der Waals surface area contributed by atoms with E-state index in [1.807, 2.05) is 16.7 Å². The Kier molecular flexibility index (Phi) is 3.66. The summed E-state index contributed by atoms with van der Waals surface area (Å²) in [6, 6.07) is 8.36. The van der Waals surface area contributed by atoms with Crippen LogP contribution in [0.25, 0.3) is 11.2 Å². The summed E-state index contributed by atoms with van der Waals surface area (Å²) in [5.41, 5.74) is 2.24. The number of fused-ring (bicyclic) bond motifs is 1. The van der Waals surface area contributed by atoms with Crippen LogP contribution in [0.4, 0.5) is 4.39 Å². The Labute approximate surface area is 128 Å². The minimum atomic E-state index is -0.273. The standard InChI is InChI=1S/C14H11FIN3O/c15-10-3-1-2-9(4-10)7-19-12-5-11(16)6-17-14(12)18-13(19)8-20/h1-6,20H,7-8H2. The van der Waals surface area contributed by atoms with Crippen LogP contribution < -0.4 is 0 Å². The third-order valence-electron chi connectivity index (χ3n) is 3.02. The van der Waals surface area contributed by atoms with Gasteiger partial charge in [-0.15, -0.1) is 0 Å². The lowest BCUT2D eigenvalue weighted by molar-refractivity contribution is 0.267. The van der Waals surface area contributed by atoms with Gasteiger partial charge in [0, 0.05) is 16.3 Å². The zero-order valence-electron chi connectivity index (χ0n) is 10.4. The second-order valence-corrected chi connectivity index (χ2v) is 5.64. The van der Waals surface area contributed by atoms with Gasteiger partial charge in [0.1, 0.15) is 18.2 Å². The molecule has 20 heavy (non-hydrogen) atoms. The molecule has 0 aliphatic heterocycles. The van der Waals surface area contributed by atoms with E-state index < -0.39 is 0 Å². The molecule has 0 spiro atoms. The first-order valence-electron chi connectivity index (χ1n) is 6.03. The number of imidazole rings is 1. The highest BCUT2D eigenvalue weighted by Crippen LogP contribution is 2.19. The third kappa shape index (κ3) is 2.53. The molecule has 0 atom stereocenters. The second-order valence-electron chi connectivity index (χ2n) is 4.40. The van der Waals surface area contributed by atoms with E-state index in [0.29, 0.717) is 18.0 Å². The molecule has 6 heteroatoms. The molecular formula is C14H11FIN3O. The lowest BCUT2D eigenvalue weighted by Crippen LogP contribution is -2.05. The molecule has 3 aromatic rings. The number of hydrogen-bond donors (Lipinski definition) is 1. The number of rotatable bonds is 3. The fourth-order valence-corrected chi connectivity index (χ4v) is 2.58. The Morgan fingerprint density at radius 2 is 2.15 bits per heavy atom. The van der Waals surface area contributed by atoms with Crippen LogP contribution in [-0.4, -0.2) is 19.6 Å². The van der Waals surface area contributed by atoms with Crippen LogP contribution in [0.2, 0.25) is 0 Å². The van der Waals surface area contributed by atoms with Gasteiger partial charge < -0.3 is 9.67 Å². The maximum Gasteiger partial charge on any atom is 0.178 e. The molecule has 0 amide bonds. The molecule has 0 saturated heterocycles. The van der Waals surface area contributed by atoms with E-state index in [9.17, 15) is 9.50 Å². The van der Waals surface area contributed by atoms with Crippen molar-refractivity contribution in [3.8, 4) is 0 Å². The van der Waals surface area contributed by atoms with Gasteiger partial charge in [-0.25, -0.2) is 14.4 Å². The van der Waals surface area contributed by atoms with Crippen LogP contribution in [0.3, 0.4) is 0 Å². The fraction of sp³-hybridized carbons (Fsp3) is 0.143. The summed E-state index contributed by atoms with van der Waals surface area (Å²) < 4.78 is 16.1. The molecule has 0 unspecified atom stereocenters. The number of aromatic nitrogens is 3. The maximum atomic E-state index is 13.3. The molecule has 2 aromatic heterocycles. The first kappa shape index (κ1) is 13.4. The van der Waals surface area contributed by atoms with Crippen LogP contribution in [0, 0.1) is 9.39 Å². The van der Waals surface area contributed by atoms with Gasteiger partial charge >= 0.3 is 0 Å². The smallest absolute Gasteiger partial charge is 0.178 e. The minimum absolute atomic E-state index is 0.178. The Bertz CT molecular complexity index is 772. The molecule has 1 aromatic carbocycles. The van der Waals surface area contributed by atoms with Gasteiger partial charge in [0.05, 0.1) is 5.52 Å².